The average Bonchev–Trinajstić information content (AvgIpc) is 3.10. The number of hydrogen-bond donors (Lipinski definition) is 0. The SMILES string of the molecule is [C-]1=CC=CC1.[Hf+4].[I-].[I-].[c-]1cccc2c1Cc1ccccc1-2. The molecular weight excluding hydrogens is 648 g/mol. The Morgan fingerprint density at radius 3 is 2.33 bits per heavy atom. The van der Waals surface area contributed by atoms with Crippen molar-refractivity contribution in [3.63, 3.8) is 0 Å². The Morgan fingerprint density at radius 1 is 0.905 bits per heavy atom. The van der Waals surface area contributed by atoms with Gasteiger partial charge in [0.2, 0.25) is 0 Å². The second-order valence-electron chi connectivity index (χ2n) is 4.40. The molecule has 0 aromatic heterocycles. The number of rotatable bonds is 0. The van der Waals surface area contributed by atoms with E-state index in [0.29, 0.717) is 0 Å². The first kappa shape index (κ1) is 21.3. The van der Waals surface area contributed by atoms with Gasteiger partial charge in [0.15, 0.2) is 0 Å². The first-order valence-corrected chi connectivity index (χ1v) is 6.25. The number of halogens is 2. The van der Waals surface area contributed by atoms with Gasteiger partial charge in [0.25, 0.3) is 0 Å². The van der Waals surface area contributed by atoms with Crippen LogP contribution >= 0.6 is 0 Å². The van der Waals surface area contributed by atoms with E-state index in [9.17, 15) is 0 Å². The fraction of sp³-hybridized carbons (Fsp3) is 0.111. The zero-order valence-corrected chi connectivity index (χ0v) is 19.4. The van der Waals surface area contributed by atoms with Crippen LogP contribution in [0.4, 0.5) is 0 Å². The van der Waals surface area contributed by atoms with E-state index in [4.69, 9.17) is 0 Å². The van der Waals surface area contributed by atoms with Crippen LogP contribution in [0.25, 0.3) is 11.1 Å². The van der Waals surface area contributed by atoms with Crippen LogP contribution in [-0.2, 0) is 32.3 Å². The molecule has 21 heavy (non-hydrogen) atoms. The van der Waals surface area contributed by atoms with Gasteiger partial charge in [-0.3, -0.25) is 6.08 Å². The normalized spacial score (nSPS) is 11.8. The first-order valence-electron chi connectivity index (χ1n) is 6.25. The van der Waals surface area contributed by atoms with Crippen molar-refractivity contribution < 1.29 is 73.8 Å². The summed E-state index contributed by atoms with van der Waals surface area (Å²) in [5.74, 6) is 0. The summed E-state index contributed by atoms with van der Waals surface area (Å²) in [5, 5.41) is 0. The minimum Gasteiger partial charge on any atom is -1.00 e. The van der Waals surface area contributed by atoms with Crippen LogP contribution in [0.5, 0.6) is 0 Å². The molecule has 0 saturated carbocycles. The van der Waals surface area contributed by atoms with Gasteiger partial charge in [-0.05, 0) is 6.42 Å². The Bertz CT molecular complexity index is 565. The molecule has 3 heteroatoms. The Kier molecular flexibility index (Phi) is 11.0. The second kappa shape index (κ2) is 10.9. The molecule has 0 spiro atoms. The van der Waals surface area contributed by atoms with E-state index in [1.807, 2.05) is 18.2 Å². The van der Waals surface area contributed by atoms with E-state index < -0.39 is 0 Å². The third-order valence-corrected chi connectivity index (χ3v) is 3.20. The minimum atomic E-state index is 0. The summed E-state index contributed by atoms with van der Waals surface area (Å²) < 4.78 is 0. The molecule has 4 rings (SSSR count). The minimum absolute atomic E-state index is 0. The fourth-order valence-corrected chi connectivity index (χ4v) is 2.34. The Balaban J connectivity index is 0.000000437. The summed E-state index contributed by atoms with van der Waals surface area (Å²) in [6.45, 7) is 0. The molecule has 2 aromatic rings. The van der Waals surface area contributed by atoms with Crippen molar-refractivity contribution in [1.29, 1.82) is 0 Å². The third kappa shape index (κ3) is 5.43. The molecular formula is C18H14HfI2. The van der Waals surface area contributed by atoms with Gasteiger partial charge in [0.05, 0.1) is 0 Å². The molecule has 0 aliphatic heterocycles. The largest absolute Gasteiger partial charge is 4.00 e. The molecule has 0 atom stereocenters. The number of benzene rings is 2. The van der Waals surface area contributed by atoms with Crippen LogP contribution < -0.4 is 48.0 Å². The molecule has 0 unspecified atom stereocenters. The molecule has 2 aromatic carbocycles. The van der Waals surface area contributed by atoms with E-state index in [1.165, 1.54) is 22.3 Å². The molecule has 0 saturated heterocycles. The Morgan fingerprint density at radius 2 is 1.67 bits per heavy atom. The van der Waals surface area contributed by atoms with Crippen LogP contribution in [0, 0.1) is 12.1 Å². The van der Waals surface area contributed by atoms with Crippen LogP contribution in [0.3, 0.4) is 0 Å². The molecule has 2 aliphatic carbocycles. The topological polar surface area (TPSA) is 0 Å². The van der Waals surface area contributed by atoms with Gasteiger partial charge in [-0.1, -0.05) is 35.4 Å². The van der Waals surface area contributed by atoms with Crippen LogP contribution in [0.2, 0.25) is 0 Å². The standard InChI is InChI=1S/C13H9.C5H5.Hf.2HI/c1-3-7-12-10(5-1)9-11-6-2-4-8-13(11)12;1-2-4-5-3-1;;;/h1-5,7-8H,9H2;1-3H,4H2;;2*1H/q2*-1;+4;;/p-2. The summed E-state index contributed by atoms with van der Waals surface area (Å²) in [7, 11) is 0. The number of hydrogen-bond acceptors (Lipinski definition) is 0. The van der Waals surface area contributed by atoms with Crippen molar-refractivity contribution in [3.8, 4) is 11.1 Å². The van der Waals surface area contributed by atoms with Gasteiger partial charge in [0, 0.05) is 0 Å². The fourth-order valence-electron chi connectivity index (χ4n) is 2.34. The molecule has 104 valence electrons. The van der Waals surface area contributed by atoms with Crippen molar-refractivity contribution in [2.45, 2.75) is 12.8 Å². The van der Waals surface area contributed by atoms with Crippen molar-refractivity contribution in [2.24, 2.45) is 0 Å². The van der Waals surface area contributed by atoms with E-state index in [1.54, 1.807) is 0 Å². The molecule has 0 nitrogen and oxygen atoms in total. The van der Waals surface area contributed by atoms with Gasteiger partial charge in [0.1, 0.15) is 0 Å². The number of allylic oxidation sites excluding steroid dienone is 4. The van der Waals surface area contributed by atoms with Gasteiger partial charge in [-0.2, -0.15) is 35.9 Å². The maximum absolute atomic E-state index is 3.30. The molecule has 0 bridgehead atoms. The van der Waals surface area contributed by atoms with E-state index >= 15 is 0 Å². The summed E-state index contributed by atoms with van der Waals surface area (Å²) in [6, 6.07) is 18.1. The van der Waals surface area contributed by atoms with Crippen molar-refractivity contribution in [2.75, 3.05) is 0 Å². The van der Waals surface area contributed by atoms with Gasteiger partial charge in [-0.25, -0.2) is 12.2 Å². The van der Waals surface area contributed by atoms with Gasteiger partial charge in [-0.15, -0.1) is 12.0 Å². The third-order valence-electron chi connectivity index (χ3n) is 3.20. The zero-order chi connectivity index (χ0) is 12.2. The van der Waals surface area contributed by atoms with Crippen LogP contribution in [-0.4, -0.2) is 0 Å². The second-order valence-corrected chi connectivity index (χ2v) is 4.40. The Labute approximate surface area is 179 Å². The van der Waals surface area contributed by atoms with E-state index in [-0.39, 0.29) is 73.8 Å². The van der Waals surface area contributed by atoms with Crippen molar-refractivity contribution in [3.05, 3.63) is 84.0 Å². The van der Waals surface area contributed by atoms with Crippen molar-refractivity contribution in [1.82, 2.24) is 0 Å². The summed E-state index contributed by atoms with van der Waals surface area (Å²) in [6.07, 6.45) is 11.0. The van der Waals surface area contributed by atoms with Crippen LogP contribution in [0.1, 0.15) is 17.5 Å². The van der Waals surface area contributed by atoms with Crippen LogP contribution in [0.15, 0.2) is 60.7 Å². The van der Waals surface area contributed by atoms with E-state index in [0.717, 1.165) is 12.8 Å². The molecule has 0 N–H and O–H groups in total. The molecule has 0 heterocycles. The monoisotopic (exact) mass is 664 g/mol. The summed E-state index contributed by atoms with van der Waals surface area (Å²) in [5.41, 5.74) is 5.51. The number of fused-ring (bicyclic) bond motifs is 3. The maximum Gasteiger partial charge on any atom is 4.00 e. The zero-order valence-electron chi connectivity index (χ0n) is 11.4. The molecule has 0 amide bonds. The quantitative estimate of drug-likeness (QED) is 0.154. The summed E-state index contributed by atoms with van der Waals surface area (Å²) >= 11 is 0. The van der Waals surface area contributed by atoms with Gasteiger partial charge < -0.3 is 48.0 Å². The Hall–Kier alpha value is 0.250. The first-order chi connectivity index (χ1) is 8.95. The molecule has 2 aliphatic rings. The molecule has 0 fully saturated rings. The average molecular weight is 663 g/mol. The predicted molar refractivity (Wildman–Crippen MR) is 75.1 cm³/mol. The summed E-state index contributed by atoms with van der Waals surface area (Å²) in [4.78, 5) is 0. The predicted octanol–water partition coefficient (Wildman–Crippen LogP) is -1.63. The van der Waals surface area contributed by atoms with Crippen molar-refractivity contribution >= 4 is 0 Å². The van der Waals surface area contributed by atoms with E-state index in [2.05, 4.69) is 54.6 Å². The smallest absolute Gasteiger partial charge is 1.00 e. The maximum atomic E-state index is 3.30. The molecule has 0 radical (unpaired) electrons. The van der Waals surface area contributed by atoms with Gasteiger partial charge >= 0.3 is 25.8 Å².